The lowest BCUT2D eigenvalue weighted by Gasteiger charge is -2.29. The molecule has 0 saturated carbocycles. The topological polar surface area (TPSA) is 123 Å². The highest BCUT2D eigenvalue weighted by molar-refractivity contribution is 6.30. The molecule has 0 fully saturated rings. The van der Waals surface area contributed by atoms with Crippen molar-refractivity contribution in [1.29, 1.82) is 0 Å². The van der Waals surface area contributed by atoms with Gasteiger partial charge in [0.2, 0.25) is 0 Å². The summed E-state index contributed by atoms with van der Waals surface area (Å²) >= 11 is 5.81. The van der Waals surface area contributed by atoms with E-state index in [0.29, 0.717) is 40.7 Å². The van der Waals surface area contributed by atoms with Crippen LogP contribution in [0.5, 0.6) is 0 Å². The Morgan fingerprint density at radius 2 is 2.07 bits per heavy atom. The van der Waals surface area contributed by atoms with Crippen LogP contribution in [-0.2, 0) is 6.42 Å². The lowest BCUT2D eigenvalue weighted by molar-refractivity contribution is 0.0992. The average molecular weight is 390 g/mol. The summed E-state index contributed by atoms with van der Waals surface area (Å²) in [6, 6.07) is 2.48. The van der Waals surface area contributed by atoms with Gasteiger partial charge >= 0.3 is 6.03 Å². The number of nitrogens with one attached hydrogen (secondary N) is 2. The van der Waals surface area contributed by atoms with Gasteiger partial charge in [-0.15, -0.1) is 0 Å². The minimum absolute atomic E-state index is 0.138. The molecular weight excluding hydrogens is 370 g/mol. The standard InChI is InChI=1S/C18H20ClN5O3/c1-9-14-11(23-24-17(20)26)6-18(2,3)7-12(14)27-15(9)16(25)22-13-5-4-10(19)8-21-13/h4-5,8H,6-7H2,1-3H3,(H3,20,24,26)(H,21,22,25)/b23-11-. The Morgan fingerprint density at radius 3 is 2.70 bits per heavy atom. The Balaban J connectivity index is 1.95. The molecule has 0 aliphatic heterocycles. The van der Waals surface area contributed by atoms with Crippen molar-refractivity contribution >= 4 is 35.1 Å². The monoisotopic (exact) mass is 389 g/mol. The molecule has 1 aliphatic carbocycles. The van der Waals surface area contributed by atoms with Crippen LogP contribution in [0.1, 0.15) is 47.7 Å². The van der Waals surface area contributed by atoms with Gasteiger partial charge in [0.15, 0.2) is 5.76 Å². The van der Waals surface area contributed by atoms with Crippen LogP contribution in [-0.4, -0.2) is 22.6 Å². The van der Waals surface area contributed by atoms with Gasteiger partial charge in [-0.25, -0.2) is 15.2 Å². The number of carbonyl (C=O) groups excluding carboxylic acids is 2. The molecule has 1 aliphatic rings. The summed E-state index contributed by atoms with van der Waals surface area (Å²) in [5, 5.41) is 7.28. The maximum absolute atomic E-state index is 12.7. The second kappa shape index (κ2) is 7.03. The van der Waals surface area contributed by atoms with Gasteiger partial charge in [0.1, 0.15) is 11.6 Å². The fourth-order valence-electron chi connectivity index (χ4n) is 3.17. The number of halogens is 1. The predicted octanol–water partition coefficient (Wildman–Crippen LogP) is 3.23. The number of furan rings is 1. The molecule has 27 heavy (non-hydrogen) atoms. The van der Waals surface area contributed by atoms with Crippen LogP contribution in [0.2, 0.25) is 5.02 Å². The van der Waals surface area contributed by atoms with Crippen LogP contribution in [0, 0.1) is 12.3 Å². The van der Waals surface area contributed by atoms with Gasteiger partial charge in [-0.2, -0.15) is 5.10 Å². The maximum atomic E-state index is 12.7. The molecule has 0 unspecified atom stereocenters. The van der Waals surface area contributed by atoms with E-state index in [1.165, 1.54) is 6.20 Å². The van der Waals surface area contributed by atoms with Crippen molar-refractivity contribution in [2.24, 2.45) is 16.3 Å². The summed E-state index contributed by atoms with van der Waals surface area (Å²) in [5.41, 5.74) is 9.27. The zero-order valence-corrected chi connectivity index (χ0v) is 16.0. The summed E-state index contributed by atoms with van der Waals surface area (Å²) < 4.78 is 5.88. The summed E-state index contributed by atoms with van der Waals surface area (Å²) in [7, 11) is 0. The van der Waals surface area contributed by atoms with Gasteiger partial charge in [0.05, 0.1) is 10.7 Å². The van der Waals surface area contributed by atoms with Crippen LogP contribution >= 0.6 is 11.6 Å². The zero-order chi connectivity index (χ0) is 19.8. The van der Waals surface area contributed by atoms with Crippen molar-refractivity contribution in [3.8, 4) is 0 Å². The Labute approximate surface area is 161 Å². The summed E-state index contributed by atoms with van der Waals surface area (Å²) in [4.78, 5) is 27.8. The first kappa shape index (κ1) is 18.9. The van der Waals surface area contributed by atoms with Crippen molar-refractivity contribution in [3.05, 3.63) is 46.0 Å². The largest absolute Gasteiger partial charge is 0.455 e. The van der Waals surface area contributed by atoms with E-state index < -0.39 is 11.9 Å². The number of rotatable bonds is 3. The number of carbonyl (C=O) groups is 2. The molecule has 142 valence electrons. The fourth-order valence-corrected chi connectivity index (χ4v) is 3.28. The normalized spacial score (nSPS) is 16.7. The summed E-state index contributed by atoms with van der Waals surface area (Å²) in [5.74, 6) is 0.781. The van der Waals surface area contributed by atoms with Crippen LogP contribution in [0.3, 0.4) is 0 Å². The third-order valence-corrected chi connectivity index (χ3v) is 4.49. The van der Waals surface area contributed by atoms with Crippen LogP contribution in [0.15, 0.2) is 27.8 Å². The fraction of sp³-hybridized carbons (Fsp3) is 0.333. The van der Waals surface area contributed by atoms with Gasteiger partial charge in [0.25, 0.3) is 5.91 Å². The number of amides is 3. The van der Waals surface area contributed by atoms with Gasteiger partial charge in [-0.1, -0.05) is 25.4 Å². The van der Waals surface area contributed by atoms with E-state index in [1.807, 2.05) is 0 Å². The van der Waals surface area contributed by atoms with Crippen molar-refractivity contribution in [1.82, 2.24) is 10.4 Å². The van der Waals surface area contributed by atoms with Crippen LogP contribution in [0.25, 0.3) is 0 Å². The van der Waals surface area contributed by atoms with E-state index in [1.54, 1.807) is 19.1 Å². The van der Waals surface area contributed by atoms with Gasteiger partial charge in [0, 0.05) is 23.7 Å². The molecule has 2 aromatic rings. The lowest BCUT2D eigenvalue weighted by Crippen LogP contribution is -2.31. The van der Waals surface area contributed by atoms with E-state index >= 15 is 0 Å². The lowest BCUT2D eigenvalue weighted by atomic mass is 9.75. The Hall–Kier alpha value is -2.87. The Bertz CT molecular complexity index is 931. The molecule has 9 heteroatoms. The first-order valence-corrected chi connectivity index (χ1v) is 8.71. The van der Waals surface area contributed by atoms with Crippen molar-refractivity contribution in [2.45, 2.75) is 33.6 Å². The highest BCUT2D eigenvalue weighted by atomic mass is 35.5. The van der Waals surface area contributed by atoms with E-state index in [2.05, 4.69) is 34.7 Å². The van der Waals surface area contributed by atoms with Crippen molar-refractivity contribution < 1.29 is 14.0 Å². The number of nitrogens with zero attached hydrogens (tertiary/aromatic N) is 2. The smallest absolute Gasteiger partial charge is 0.332 e. The van der Waals surface area contributed by atoms with Crippen molar-refractivity contribution in [3.63, 3.8) is 0 Å². The molecule has 8 nitrogen and oxygen atoms in total. The number of hydrogen-bond acceptors (Lipinski definition) is 5. The minimum atomic E-state index is -0.750. The first-order valence-electron chi connectivity index (χ1n) is 8.34. The molecule has 4 N–H and O–H groups in total. The number of pyridine rings is 1. The number of nitrogens with two attached hydrogens (primary N) is 1. The molecule has 0 radical (unpaired) electrons. The molecule has 3 rings (SSSR count). The molecule has 2 heterocycles. The average Bonchev–Trinajstić information content (AvgIpc) is 2.90. The number of primary amides is 1. The number of hydrogen-bond donors (Lipinski definition) is 3. The van der Waals surface area contributed by atoms with E-state index in [9.17, 15) is 9.59 Å². The number of hydrazone groups is 1. The maximum Gasteiger partial charge on any atom is 0.332 e. The van der Waals surface area contributed by atoms with Gasteiger partial charge < -0.3 is 15.5 Å². The van der Waals surface area contributed by atoms with Crippen LogP contribution in [0.4, 0.5) is 10.6 Å². The van der Waals surface area contributed by atoms with Crippen molar-refractivity contribution in [2.75, 3.05) is 5.32 Å². The summed E-state index contributed by atoms with van der Waals surface area (Å²) in [6.07, 6.45) is 2.70. The number of anilines is 1. The zero-order valence-electron chi connectivity index (χ0n) is 15.2. The molecule has 2 aromatic heterocycles. The third kappa shape index (κ3) is 4.11. The Morgan fingerprint density at radius 1 is 1.33 bits per heavy atom. The highest BCUT2D eigenvalue weighted by Crippen LogP contribution is 2.38. The highest BCUT2D eigenvalue weighted by Gasteiger charge is 2.36. The van der Waals surface area contributed by atoms with Gasteiger partial charge in [-0.05, 0) is 30.9 Å². The van der Waals surface area contributed by atoms with Gasteiger partial charge in [-0.3, -0.25) is 4.79 Å². The van der Waals surface area contributed by atoms with E-state index in [4.69, 9.17) is 21.8 Å². The molecule has 0 aromatic carbocycles. The first-order chi connectivity index (χ1) is 12.7. The number of fused-ring (bicyclic) bond motifs is 1. The molecule has 0 atom stereocenters. The van der Waals surface area contributed by atoms with E-state index in [-0.39, 0.29) is 11.2 Å². The third-order valence-electron chi connectivity index (χ3n) is 4.27. The molecule has 0 spiro atoms. The minimum Gasteiger partial charge on any atom is -0.455 e. The second-order valence-electron chi connectivity index (χ2n) is 7.22. The molecule has 0 saturated heterocycles. The second-order valence-corrected chi connectivity index (χ2v) is 7.66. The number of aromatic nitrogens is 1. The predicted molar refractivity (Wildman–Crippen MR) is 102 cm³/mol. The van der Waals surface area contributed by atoms with Crippen LogP contribution < -0.4 is 16.5 Å². The molecule has 0 bridgehead atoms. The molecular formula is C18H20ClN5O3. The number of urea groups is 1. The summed E-state index contributed by atoms with van der Waals surface area (Å²) in [6.45, 7) is 5.90. The Kier molecular flexibility index (Phi) is 4.93. The van der Waals surface area contributed by atoms with E-state index in [0.717, 1.165) is 5.56 Å². The molecule has 3 amide bonds. The quantitative estimate of drug-likeness (QED) is 0.697. The SMILES string of the molecule is Cc1c(C(=O)Nc2ccc(Cl)cn2)oc2c1/C(=N\NC(N)=O)CC(C)(C)C2.